The predicted molar refractivity (Wildman–Crippen MR) is 87.7 cm³/mol. The van der Waals surface area contributed by atoms with E-state index in [0.29, 0.717) is 25.1 Å². The maximum absolute atomic E-state index is 12.7. The first kappa shape index (κ1) is 18.5. The molecule has 0 aromatic carbocycles. The highest BCUT2D eigenvalue weighted by Gasteiger charge is 2.53. The molecule has 2 atom stereocenters. The number of esters is 2. The third-order valence-corrected chi connectivity index (χ3v) is 4.95. The van der Waals surface area contributed by atoms with Gasteiger partial charge < -0.3 is 14.4 Å². The molecule has 2 rings (SSSR count). The highest BCUT2D eigenvalue weighted by atomic mass is 16.5. The SMILES string of the molecule is CCOC(=O)[C@@]12CCCC=C1N([C@H](C(=O)OC)C(C)C)C(=O)CC2. The van der Waals surface area contributed by atoms with Crippen molar-refractivity contribution in [2.45, 2.75) is 58.9 Å². The van der Waals surface area contributed by atoms with E-state index in [9.17, 15) is 14.4 Å². The Bertz CT molecular complexity index is 554. The van der Waals surface area contributed by atoms with Crippen LogP contribution in [0.2, 0.25) is 0 Å². The fourth-order valence-corrected chi connectivity index (χ4v) is 3.80. The summed E-state index contributed by atoms with van der Waals surface area (Å²) in [5, 5.41) is 0. The zero-order chi connectivity index (χ0) is 17.9. The van der Waals surface area contributed by atoms with E-state index < -0.39 is 17.4 Å². The molecular formula is C18H27NO5. The summed E-state index contributed by atoms with van der Waals surface area (Å²) in [5.41, 5.74) is -0.184. The second kappa shape index (κ2) is 7.36. The van der Waals surface area contributed by atoms with Crippen LogP contribution in [0.1, 0.15) is 52.9 Å². The van der Waals surface area contributed by atoms with Gasteiger partial charge in [0.1, 0.15) is 11.5 Å². The average molecular weight is 337 g/mol. The fraction of sp³-hybridized carbons (Fsp3) is 0.722. The standard InChI is InChI=1S/C18H27NO5/c1-5-24-17(22)18-10-7-6-8-13(18)19(14(20)9-11-18)15(12(2)3)16(21)23-4/h8,12,15H,5-7,9-11H2,1-4H3/t15-,18+/m0/s1. The second-order valence-corrected chi connectivity index (χ2v) is 6.76. The van der Waals surface area contributed by atoms with Crippen LogP contribution >= 0.6 is 0 Å². The van der Waals surface area contributed by atoms with Gasteiger partial charge in [-0.2, -0.15) is 0 Å². The zero-order valence-electron chi connectivity index (χ0n) is 15.0. The number of allylic oxidation sites excluding steroid dienone is 1. The summed E-state index contributed by atoms with van der Waals surface area (Å²) < 4.78 is 10.2. The number of carbonyl (C=O) groups excluding carboxylic acids is 3. The number of carbonyl (C=O) groups is 3. The second-order valence-electron chi connectivity index (χ2n) is 6.76. The van der Waals surface area contributed by atoms with Gasteiger partial charge in [-0.25, -0.2) is 4.79 Å². The monoisotopic (exact) mass is 337 g/mol. The van der Waals surface area contributed by atoms with Crippen molar-refractivity contribution in [1.29, 1.82) is 0 Å². The van der Waals surface area contributed by atoms with Crippen LogP contribution in [0.3, 0.4) is 0 Å². The van der Waals surface area contributed by atoms with Crippen LogP contribution in [-0.2, 0) is 23.9 Å². The average Bonchev–Trinajstić information content (AvgIpc) is 2.56. The number of ether oxygens (including phenoxy) is 2. The predicted octanol–water partition coefficient (Wildman–Crippen LogP) is 2.42. The van der Waals surface area contributed by atoms with Gasteiger partial charge in [0.25, 0.3) is 0 Å². The van der Waals surface area contributed by atoms with Crippen molar-refractivity contribution < 1.29 is 23.9 Å². The number of fused-ring (bicyclic) bond motifs is 1. The maximum atomic E-state index is 12.7. The molecule has 2 aliphatic rings. The van der Waals surface area contributed by atoms with Gasteiger partial charge in [-0.15, -0.1) is 0 Å². The zero-order valence-corrected chi connectivity index (χ0v) is 15.0. The summed E-state index contributed by atoms with van der Waals surface area (Å²) >= 11 is 0. The Labute approximate surface area is 143 Å². The normalized spacial score (nSPS) is 25.0. The van der Waals surface area contributed by atoms with Crippen LogP contribution < -0.4 is 0 Å². The van der Waals surface area contributed by atoms with Crippen LogP contribution in [0.4, 0.5) is 0 Å². The molecule has 0 N–H and O–H groups in total. The number of hydrogen-bond donors (Lipinski definition) is 0. The summed E-state index contributed by atoms with van der Waals surface area (Å²) in [4.78, 5) is 39.2. The van der Waals surface area contributed by atoms with Gasteiger partial charge in [-0.3, -0.25) is 9.59 Å². The molecule has 0 bridgehead atoms. The number of piperidine rings is 1. The van der Waals surface area contributed by atoms with E-state index in [-0.39, 0.29) is 24.2 Å². The highest BCUT2D eigenvalue weighted by molar-refractivity contribution is 5.91. The first-order chi connectivity index (χ1) is 11.4. The van der Waals surface area contributed by atoms with Gasteiger partial charge in [0.2, 0.25) is 5.91 Å². The first-order valence-electron chi connectivity index (χ1n) is 8.66. The van der Waals surface area contributed by atoms with Crippen LogP contribution in [0.5, 0.6) is 0 Å². The Hall–Kier alpha value is -1.85. The summed E-state index contributed by atoms with van der Waals surface area (Å²) in [6, 6.07) is -0.721. The Morgan fingerprint density at radius 1 is 1.33 bits per heavy atom. The lowest BCUT2D eigenvalue weighted by Crippen LogP contribution is -2.56. The lowest BCUT2D eigenvalue weighted by molar-refractivity contribution is -0.164. The van der Waals surface area contributed by atoms with Gasteiger partial charge in [0, 0.05) is 12.1 Å². The van der Waals surface area contributed by atoms with Crippen LogP contribution in [0.25, 0.3) is 0 Å². The molecule has 24 heavy (non-hydrogen) atoms. The molecule has 0 saturated carbocycles. The Morgan fingerprint density at radius 3 is 2.62 bits per heavy atom. The van der Waals surface area contributed by atoms with Crippen molar-refractivity contribution in [1.82, 2.24) is 4.90 Å². The Morgan fingerprint density at radius 2 is 2.04 bits per heavy atom. The molecule has 1 aliphatic heterocycles. The highest BCUT2D eigenvalue weighted by Crippen LogP contribution is 2.48. The van der Waals surface area contributed by atoms with Crippen molar-refractivity contribution in [3.05, 3.63) is 11.8 Å². The molecule has 1 amide bonds. The third kappa shape index (κ3) is 3.06. The summed E-state index contributed by atoms with van der Waals surface area (Å²) in [5.74, 6) is -1.00. The van der Waals surface area contributed by atoms with E-state index in [0.717, 1.165) is 12.8 Å². The molecule has 0 spiro atoms. The summed E-state index contributed by atoms with van der Waals surface area (Å²) in [7, 11) is 1.32. The van der Waals surface area contributed by atoms with Crippen molar-refractivity contribution in [2.75, 3.05) is 13.7 Å². The largest absolute Gasteiger partial charge is 0.467 e. The van der Waals surface area contributed by atoms with E-state index >= 15 is 0 Å². The molecule has 1 fully saturated rings. The summed E-state index contributed by atoms with van der Waals surface area (Å²) in [6.07, 6.45) is 4.90. The van der Waals surface area contributed by atoms with E-state index in [1.54, 1.807) is 6.92 Å². The number of hydrogen-bond acceptors (Lipinski definition) is 5. The molecule has 0 aromatic heterocycles. The number of amides is 1. The number of rotatable bonds is 5. The van der Waals surface area contributed by atoms with E-state index in [2.05, 4.69) is 0 Å². The van der Waals surface area contributed by atoms with Crippen molar-refractivity contribution >= 4 is 17.8 Å². The molecule has 1 aliphatic carbocycles. The molecule has 1 saturated heterocycles. The van der Waals surface area contributed by atoms with Gasteiger partial charge in [0.15, 0.2) is 0 Å². The topological polar surface area (TPSA) is 72.9 Å². The number of methoxy groups -OCH3 is 1. The van der Waals surface area contributed by atoms with Gasteiger partial charge >= 0.3 is 11.9 Å². The molecule has 0 unspecified atom stereocenters. The van der Waals surface area contributed by atoms with E-state index in [1.807, 2.05) is 19.9 Å². The Kier molecular flexibility index (Phi) is 5.67. The molecule has 134 valence electrons. The molecule has 6 heteroatoms. The molecular weight excluding hydrogens is 310 g/mol. The van der Waals surface area contributed by atoms with Crippen molar-refractivity contribution in [3.63, 3.8) is 0 Å². The smallest absolute Gasteiger partial charge is 0.329 e. The van der Waals surface area contributed by atoms with E-state index in [4.69, 9.17) is 9.47 Å². The van der Waals surface area contributed by atoms with Crippen molar-refractivity contribution in [2.24, 2.45) is 11.3 Å². The first-order valence-corrected chi connectivity index (χ1v) is 8.66. The van der Waals surface area contributed by atoms with Crippen LogP contribution in [-0.4, -0.2) is 42.5 Å². The maximum Gasteiger partial charge on any atom is 0.329 e. The number of likely N-dealkylation sites (tertiary alicyclic amines) is 1. The fourth-order valence-electron chi connectivity index (χ4n) is 3.80. The quantitative estimate of drug-likeness (QED) is 0.720. The molecule has 6 nitrogen and oxygen atoms in total. The minimum Gasteiger partial charge on any atom is -0.467 e. The van der Waals surface area contributed by atoms with Gasteiger partial charge in [0.05, 0.1) is 13.7 Å². The van der Waals surface area contributed by atoms with Gasteiger partial charge in [-0.1, -0.05) is 19.9 Å². The van der Waals surface area contributed by atoms with Gasteiger partial charge in [-0.05, 0) is 38.5 Å². The lowest BCUT2D eigenvalue weighted by atomic mass is 9.69. The summed E-state index contributed by atoms with van der Waals surface area (Å²) in [6.45, 7) is 5.82. The Balaban J connectivity index is 2.50. The van der Waals surface area contributed by atoms with E-state index in [1.165, 1.54) is 12.0 Å². The molecule has 1 heterocycles. The van der Waals surface area contributed by atoms with Crippen LogP contribution in [0, 0.1) is 11.3 Å². The number of nitrogens with zero attached hydrogens (tertiary/aromatic N) is 1. The minimum atomic E-state index is -0.816. The molecule has 0 aromatic rings. The minimum absolute atomic E-state index is 0.123. The van der Waals surface area contributed by atoms with Crippen molar-refractivity contribution in [3.8, 4) is 0 Å². The van der Waals surface area contributed by atoms with Crippen LogP contribution in [0.15, 0.2) is 11.8 Å². The lowest BCUT2D eigenvalue weighted by Gasteiger charge is -2.47. The third-order valence-electron chi connectivity index (χ3n) is 4.95. The molecule has 0 radical (unpaired) electrons.